The summed E-state index contributed by atoms with van der Waals surface area (Å²) in [6.45, 7) is 0. The summed E-state index contributed by atoms with van der Waals surface area (Å²) in [5.41, 5.74) is 0. The van der Waals surface area contributed by atoms with Crippen LogP contribution in [-0.4, -0.2) is 54.2 Å². The molecule has 0 heterocycles. The minimum atomic E-state index is -6.71. The molecular formula is C23H7F15O6. The lowest BCUT2D eigenvalue weighted by Gasteiger charge is -2.22. The van der Waals surface area contributed by atoms with E-state index in [0.29, 0.717) is 18.2 Å². The lowest BCUT2D eigenvalue weighted by atomic mass is 10.0. The van der Waals surface area contributed by atoms with Crippen molar-refractivity contribution in [2.24, 2.45) is 0 Å². The molecule has 0 N–H and O–H groups in total. The van der Waals surface area contributed by atoms with Crippen LogP contribution in [0.15, 0.2) is 42.5 Å². The fourth-order valence-electron chi connectivity index (χ4n) is 3.22. The summed E-state index contributed by atoms with van der Waals surface area (Å²) in [5, 5.41) is -4.05. The lowest BCUT2D eigenvalue weighted by molar-refractivity contribution is -0.276. The van der Waals surface area contributed by atoms with Crippen LogP contribution in [0.1, 0.15) is 0 Å². The van der Waals surface area contributed by atoms with Crippen LogP contribution in [0.4, 0.5) is 65.9 Å². The predicted octanol–water partition coefficient (Wildman–Crippen LogP) is 7.30. The molecule has 0 aliphatic rings. The molecule has 0 radical (unpaired) electrons. The quantitative estimate of drug-likeness (QED) is 0.119. The smallest absolute Gasteiger partial charge is 0.421 e. The van der Waals surface area contributed by atoms with Crippen molar-refractivity contribution in [3.05, 3.63) is 42.5 Å². The maximum atomic E-state index is 13.8. The first-order valence-corrected chi connectivity index (χ1v) is 10.7. The summed E-state index contributed by atoms with van der Waals surface area (Å²) >= 11 is 0. The van der Waals surface area contributed by atoms with Gasteiger partial charge in [-0.05, 0) is 29.0 Å². The van der Waals surface area contributed by atoms with Crippen molar-refractivity contribution < 1.29 is 94.5 Å². The number of hydrogen-bond acceptors (Lipinski definition) is 6. The average molecular weight is 664 g/mol. The molecule has 0 atom stereocenters. The summed E-state index contributed by atoms with van der Waals surface area (Å²) in [6, 6.07) is 4.39. The van der Waals surface area contributed by atoms with Gasteiger partial charge in [-0.25, -0.2) is 14.4 Å². The monoisotopic (exact) mass is 664 g/mol. The van der Waals surface area contributed by atoms with Crippen LogP contribution in [0.2, 0.25) is 0 Å². The molecule has 0 aromatic heterocycles. The van der Waals surface area contributed by atoms with E-state index in [1.54, 1.807) is 0 Å². The van der Waals surface area contributed by atoms with Crippen molar-refractivity contribution in [2.45, 2.75) is 36.3 Å². The molecule has 0 amide bonds. The number of rotatable bonds is 6. The normalized spacial score (nSPS) is 13.6. The molecule has 0 aliphatic heterocycles. The fourth-order valence-corrected chi connectivity index (χ4v) is 3.22. The van der Waals surface area contributed by atoms with Gasteiger partial charge in [0.25, 0.3) is 0 Å². The number of carbonyl (C=O) groups is 3. The Labute approximate surface area is 230 Å². The Balaban J connectivity index is 2.39. The lowest BCUT2D eigenvalue weighted by Crippen LogP contribution is -2.47. The van der Waals surface area contributed by atoms with E-state index in [0.717, 1.165) is 24.3 Å². The SMILES string of the molecule is O=C(Oc1cccc2cc3cccc(OC(=O)C(F)(F)C(F)(F)F)c3c(OC(=O)C(F)(F)C(F)(F)F)c12)C(F)(F)C(F)(F)F. The van der Waals surface area contributed by atoms with Gasteiger partial charge in [0.15, 0.2) is 5.75 Å². The number of alkyl halides is 15. The molecule has 3 aromatic rings. The maximum absolute atomic E-state index is 13.8. The number of esters is 3. The Kier molecular flexibility index (Phi) is 8.21. The van der Waals surface area contributed by atoms with Gasteiger partial charge in [-0.2, -0.15) is 65.9 Å². The van der Waals surface area contributed by atoms with Crippen LogP contribution < -0.4 is 14.2 Å². The van der Waals surface area contributed by atoms with E-state index in [9.17, 15) is 80.2 Å². The van der Waals surface area contributed by atoms with Crippen LogP contribution in [0, 0.1) is 0 Å². The number of fused-ring (bicyclic) bond motifs is 2. The molecule has 0 spiro atoms. The van der Waals surface area contributed by atoms with Crippen LogP contribution in [0.25, 0.3) is 21.5 Å². The van der Waals surface area contributed by atoms with Gasteiger partial charge in [0.1, 0.15) is 11.5 Å². The first-order chi connectivity index (χ1) is 19.7. The molecule has 0 saturated carbocycles. The van der Waals surface area contributed by atoms with Crippen molar-refractivity contribution >= 4 is 39.5 Å². The van der Waals surface area contributed by atoms with Crippen LogP contribution in [0.3, 0.4) is 0 Å². The Bertz CT molecular complexity index is 1540. The van der Waals surface area contributed by atoms with E-state index >= 15 is 0 Å². The predicted molar refractivity (Wildman–Crippen MR) is 111 cm³/mol. The number of ether oxygens (including phenoxy) is 3. The molecule has 44 heavy (non-hydrogen) atoms. The molecule has 0 unspecified atom stereocenters. The summed E-state index contributed by atoms with van der Waals surface area (Å²) in [7, 11) is 0. The second kappa shape index (κ2) is 10.6. The average Bonchev–Trinajstić information content (AvgIpc) is 2.86. The zero-order valence-corrected chi connectivity index (χ0v) is 20.2. The zero-order chi connectivity index (χ0) is 33.8. The standard InChI is InChI=1S/C23H7F15O6/c24-18(25,21(30,31)32)15(39)42-10-5-1-3-8-7-9-4-2-6-11(43-16(40)19(26,27)22(33,34)35)13(9)14(12(8)10)44-17(41)20(28,29)23(36,37)38/h1-7H. The van der Waals surface area contributed by atoms with Gasteiger partial charge >= 0.3 is 54.2 Å². The minimum absolute atomic E-state index is 0.324. The number of carbonyl (C=O) groups excluding carboxylic acids is 3. The van der Waals surface area contributed by atoms with Crippen molar-refractivity contribution in [3.63, 3.8) is 0 Å². The van der Waals surface area contributed by atoms with Gasteiger partial charge < -0.3 is 14.2 Å². The number of benzene rings is 3. The molecule has 0 saturated heterocycles. The number of hydrogen-bond donors (Lipinski definition) is 0. The molecule has 240 valence electrons. The second-order valence-electron chi connectivity index (χ2n) is 8.30. The highest BCUT2D eigenvalue weighted by Gasteiger charge is 2.67. The van der Waals surface area contributed by atoms with Gasteiger partial charge in [0, 0.05) is 0 Å². The van der Waals surface area contributed by atoms with Crippen LogP contribution in [0.5, 0.6) is 17.2 Å². The summed E-state index contributed by atoms with van der Waals surface area (Å²) in [4.78, 5) is 35.4. The van der Waals surface area contributed by atoms with E-state index in [-0.39, 0.29) is 0 Å². The van der Waals surface area contributed by atoms with Gasteiger partial charge in [0.05, 0.1) is 10.8 Å². The molecule has 21 heteroatoms. The van der Waals surface area contributed by atoms with Gasteiger partial charge in [0.2, 0.25) is 0 Å². The van der Waals surface area contributed by atoms with E-state index < -0.39 is 93.0 Å². The minimum Gasteiger partial charge on any atom is -0.421 e. The highest BCUT2D eigenvalue weighted by Crippen LogP contribution is 2.47. The van der Waals surface area contributed by atoms with Gasteiger partial charge in [-0.3, -0.25) is 0 Å². The van der Waals surface area contributed by atoms with E-state index in [1.165, 1.54) is 0 Å². The van der Waals surface area contributed by atoms with Crippen molar-refractivity contribution in [1.82, 2.24) is 0 Å². The highest BCUT2D eigenvalue weighted by atomic mass is 19.4. The molecule has 6 nitrogen and oxygen atoms in total. The topological polar surface area (TPSA) is 78.9 Å². The molecular weight excluding hydrogens is 657 g/mol. The largest absolute Gasteiger partial charge is 0.465 e. The highest BCUT2D eigenvalue weighted by molar-refractivity contribution is 6.12. The molecule has 3 rings (SSSR count). The zero-order valence-electron chi connectivity index (χ0n) is 20.2. The Hall–Kier alpha value is -4.46. The maximum Gasteiger partial charge on any atom is 0.465 e. The van der Waals surface area contributed by atoms with E-state index in [4.69, 9.17) is 0 Å². The van der Waals surface area contributed by atoms with Crippen LogP contribution >= 0.6 is 0 Å². The molecule has 0 aliphatic carbocycles. The van der Waals surface area contributed by atoms with Crippen molar-refractivity contribution in [2.75, 3.05) is 0 Å². The fraction of sp³-hybridized carbons (Fsp3) is 0.261. The molecule has 0 fully saturated rings. The third-order valence-corrected chi connectivity index (χ3v) is 5.32. The van der Waals surface area contributed by atoms with Gasteiger partial charge in [-0.15, -0.1) is 0 Å². The Morgan fingerprint density at radius 3 is 1.05 bits per heavy atom. The van der Waals surface area contributed by atoms with Crippen LogP contribution in [-0.2, 0) is 14.4 Å². The molecule has 3 aromatic carbocycles. The third kappa shape index (κ3) is 5.85. The molecule has 0 bridgehead atoms. The number of halogens is 15. The Morgan fingerprint density at radius 2 is 0.750 bits per heavy atom. The first-order valence-electron chi connectivity index (χ1n) is 10.7. The van der Waals surface area contributed by atoms with Crippen molar-refractivity contribution in [3.8, 4) is 17.2 Å². The van der Waals surface area contributed by atoms with E-state index in [2.05, 4.69) is 14.2 Å². The Morgan fingerprint density at radius 1 is 0.455 bits per heavy atom. The first kappa shape index (κ1) is 34.0. The summed E-state index contributed by atoms with van der Waals surface area (Å²) < 4.78 is 208. The third-order valence-electron chi connectivity index (χ3n) is 5.32. The summed E-state index contributed by atoms with van der Waals surface area (Å²) in [6.07, 6.45) is -19.9. The van der Waals surface area contributed by atoms with Crippen molar-refractivity contribution in [1.29, 1.82) is 0 Å². The van der Waals surface area contributed by atoms with E-state index in [1.807, 2.05) is 0 Å². The second-order valence-corrected chi connectivity index (χ2v) is 8.30. The summed E-state index contributed by atoms with van der Waals surface area (Å²) in [5.74, 6) is -34.4. The van der Waals surface area contributed by atoms with Gasteiger partial charge in [-0.1, -0.05) is 24.3 Å².